The van der Waals surface area contributed by atoms with Gasteiger partial charge in [0.05, 0.1) is 51.2 Å². The van der Waals surface area contributed by atoms with E-state index >= 15 is 0 Å². The minimum atomic E-state index is -3.42. The number of sulfone groups is 1. The van der Waals surface area contributed by atoms with Gasteiger partial charge in [0, 0.05) is 18.6 Å². The third-order valence-electron chi connectivity index (χ3n) is 6.16. The zero-order valence-corrected chi connectivity index (χ0v) is 19.1. The van der Waals surface area contributed by atoms with Crippen molar-refractivity contribution in [2.24, 2.45) is 0 Å². The van der Waals surface area contributed by atoms with E-state index in [4.69, 9.17) is 4.74 Å². The summed E-state index contributed by atoms with van der Waals surface area (Å²) in [6.45, 7) is 3.29. The number of rotatable bonds is 6. The number of aromatic nitrogens is 2. The molecule has 5 rings (SSSR count). The van der Waals surface area contributed by atoms with Crippen molar-refractivity contribution in [3.8, 4) is 0 Å². The molecular formula is C22H24N4O4S2. The summed E-state index contributed by atoms with van der Waals surface area (Å²) in [6, 6.07) is 7.42. The van der Waals surface area contributed by atoms with Crippen LogP contribution in [0.1, 0.15) is 28.2 Å². The molecule has 1 amide bonds. The van der Waals surface area contributed by atoms with E-state index in [-0.39, 0.29) is 22.6 Å². The molecule has 0 atom stereocenters. The SMILES string of the molecule is O=C(NCc1ccc(S(=O)(=O)C2CCN(C3COC3)CC2)cn1)c1cc2ccncc2s1. The van der Waals surface area contributed by atoms with Crippen LogP contribution in [-0.4, -0.2) is 66.8 Å². The fourth-order valence-corrected chi connectivity index (χ4v) is 6.74. The second-order valence-electron chi connectivity index (χ2n) is 8.16. The first-order chi connectivity index (χ1) is 15.5. The number of hydrogen-bond donors (Lipinski definition) is 1. The lowest BCUT2D eigenvalue weighted by molar-refractivity contribution is -0.0695. The summed E-state index contributed by atoms with van der Waals surface area (Å²) < 4.78 is 32.3. The first kappa shape index (κ1) is 21.4. The molecule has 0 saturated carbocycles. The zero-order chi connectivity index (χ0) is 22.1. The number of fused-ring (bicyclic) bond motifs is 1. The fourth-order valence-electron chi connectivity index (χ4n) is 4.12. The van der Waals surface area contributed by atoms with Crippen LogP contribution in [0.2, 0.25) is 0 Å². The number of amides is 1. The van der Waals surface area contributed by atoms with Crippen molar-refractivity contribution in [1.82, 2.24) is 20.2 Å². The highest BCUT2D eigenvalue weighted by atomic mass is 32.2. The van der Waals surface area contributed by atoms with Gasteiger partial charge in [-0.05, 0) is 55.6 Å². The number of piperidine rings is 1. The minimum Gasteiger partial charge on any atom is -0.378 e. The second-order valence-corrected chi connectivity index (χ2v) is 11.5. The Bertz CT molecular complexity index is 1180. The smallest absolute Gasteiger partial charge is 0.261 e. The number of thiophene rings is 1. The van der Waals surface area contributed by atoms with Gasteiger partial charge in [0.1, 0.15) is 0 Å². The lowest BCUT2D eigenvalue weighted by atomic mass is 10.1. The number of carbonyl (C=O) groups is 1. The van der Waals surface area contributed by atoms with Crippen molar-refractivity contribution in [3.63, 3.8) is 0 Å². The summed E-state index contributed by atoms with van der Waals surface area (Å²) >= 11 is 1.38. The molecule has 8 nitrogen and oxygen atoms in total. The fraction of sp³-hybridized carbons (Fsp3) is 0.409. The van der Waals surface area contributed by atoms with Crippen molar-refractivity contribution in [1.29, 1.82) is 0 Å². The summed E-state index contributed by atoms with van der Waals surface area (Å²) in [4.78, 5) is 24.0. The maximum atomic E-state index is 13.0. The predicted molar refractivity (Wildman–Crippen MR) is 121 cm³/mol. The van der Waals surface area contributed by atoms with E-state index in [1.165, 1.54) is 17.5 Å². The Hall–Kier alpha value is -2.40. The first-order valence-corrected chi connectivity index (χ1v) is 13.0. The number of hydrogen-bond acceptors (Lipinski definition) is 8. The lowest BCUT2D eigenvalue weighted by Gasteiger charge is -2.41. The molecule has 168 valence electrons. The Morgan fingerprint density at radius 2 is 2.00 bits per heavy atom. The van der Waals surface area contributed by atoms with Crippen molar-refractivity contribution >= 4 is 37.2 Å². The lowest BCUT2D eigenvalue weighted by Crippen LogP contribution is -2.53. The van der Waals surface area contributed by atoms with Crippen molar-refractivity contribution in [2.45, 2.75) is 35.6 Å². The molecule has 0 aliphatic carbocycles. The summed E-state index contributed by atoms with van der Waals surface area (Å²) in [7, 11) is -3.42. The summed E-state index contributed by atoms with van der Waals surface area (Å²) in [5, 5.41) is 3.45. The molecule has 1 N–H and O–H groups in total. The Labute approximate surface area is 190 Å². The average Bonchev–Trinajstić information content (AvgIpc) is 3.21. The third kappa shape index (κ3) is 4.27. The van der Waals surface area contributed by atoms with Gasteiger partial charge in [0.25, 0.3) is 5.91 Å². The summed E-state index contributed by atoms with van der Waals surface area (Å²) in [5.41, 5.74) is 0.611. The van der Waals surface area contributed by atoms with E-state index in [1.807, 2.05) is 12.1 Å². The highest BCUT2D eigenvalue weighted by Gasteiger charge is 2.35. The number of pyridine rings is 2. The Kier molecular flexibility index (Phi) is 5.93. The largest absolute Gasteiger partial charge is 0.378 e. The molecule has 0 spiro atoms. The molecular weight excluding hydrogens is 448 g/mol. The topological polar surface area (TPSA) is 101 Å². The average molecular weight is 473 g/mol. The Morgan fingerprint density at radius 3 is 2.66 bits per heavy atom. The molecule has 2 aliphatic heterocycles. The normalized spacial score (nSPS) is 18.5. The van der Waals surface area contributed by atoms with Crippen LogP contribution in [0, 0.1) is 0 Å². The van der Waals surface area contributed by atoms with Gasteiger partial charge in [-0.15, -0.1) is 11.3 Å². The highest BCUT2D eigenvalue weighted by Crippen LogP contribution is 2.27. The standard InChI is InChI=1S/C22H24N4O4S2/c27-22(20-9-15-3-6-23-12-21(15)31-20)25-10-16-1-2-19(11-24-16)32(28,29)18-4-7-26(8-5-18)17-13-30-14-17/h1-3,6,9,11-12,17-18H,4-5,7-8,10,13-14H2,(H,25,27). The van der Waals surface area contributed by atoms with Crippen LogP contribution in [0.15, 0.2) is 47.8 Å². The number of nitrogens with zero attached hydrogens (tertiary/aromatic N) is 3. The molecule has 2 aliphatic rings. The van der Waals surface area contributed by atoms with E-state index in [9.17, 15) is 13.2 Å². The molecule has 0 bridgehead atoms. The van der Waals surface area contributed by atoms with Crippen LogP contribution in [0.4, 0.5) is 0 Å². The monoisotopic (exact) mass is 472 g/mol. The summed E-state index contributed by atoms with van der Waals surface area (Å²) in [5.74, 6) is -0.187. The van der Waals surface area contributed by atoms with Gasteiger partial charge in [-0.1, -0.05) is 0 Å². The number of carbonyl (C=O) groups excluding carboxylic acids is 1. The van der Waals surface area contributed by atoms with Crippen LogP contribution in [-0.2, 0) is 21.1 Å². The van der Waals surface area contributed by atoms with Gasteiger partial charge in [-0.3, -0.25) is 19.7 Å². The number of nitrogens with one attached hydrogen (secondary N) is 1. The zero-order valence-electron chi connectivity index (χ0n) is 17.4. The second kappa shape index (κ2) is 8.86. The first-order valence-electron chi connectivity index (χ1n) is 10.6. The van der Waals surface area contributed by atoms with Crippen LogP contribution < -0.4 is 5.32 Å². The molecule has 2 saturated heterocycles. The Morgan fingerprint density at radius 1 is 1.19 bits per heavy atom. The molecule has 10 heteroatoms. The minimum absolute atomic E-state index is 0.187. The van der Waals surface area contributed by atoms with Crippen LogP contribution in [0.3, 0.4) is 0 Å². The quantitative estimate of drug-likeness (QED) is 0.587. The summed E-state index contributed by atoms with van der Waals surface area (Å²) in [6.07, 6.45) is 6.10. The molecule has 0 unspecified atom stereocenters. The van der Waals surface area contributed by atoms with Crippen LogP contribution in [0.25, 0.3) is 10.1 Å². The molecule has 0 radical (unpaired) electrons. The Balaban J connectivity index is 1.18. The predicted octanol–water partition coefficient (Wildman–Crippen LogP) is 2.26. The maximum Gasteiger partial charge on any atom is 0.261 e. The van der Waals surface area contributed by atoms with Crippen LogP contribution >= 0.6 is 11.3 Å². The molecule has 32 heavy (non-hydrogen) atoms. The van der Waals surface area contributed by atoms with Crippen molar-refractivity contribution < 1.29 is 17.9 Å². The van der Waals surface area contributed by atoms with Gasteiger partial charge in [0.15, 0.2) is 9.84 Å². The highest BCUT2D eigenvalue weighted by molar-refractivity contribution is 7.92. The van der Waals surface area contributed by atoms with Crippen LogP contribution in [0.5, 0.6) is 0 Å². The van der Waals surface area contributed by atoms with Gasteiger partial charge in [-0.25, -0.2) is 8.42 Å². The maximum absolute atomic E-state index is 13.0. The molecule has 3 aromatic heterocycles. The van der Waals surface area contributed by atoms with E-state index in [0.717, 1.165) is 36.4 Å². The molecule has 5 heterocycles. The van der Waals surface area contributed by atoms with E-state index in [1.54, 1.807) is 24.5 Å². The van der Waals surface area contributed by atoms with Gasteiger partial charge >= 0.3 is 0 Å². The number of likely N-dealkylation sites (tertiary alicyclic amines) is 1. The number of ether oxygens (including phenoxy) is 1. The van der Waals surface area contributed by atoms with Gasteiger partial charge in [-0.2, -0.15) is 0 Å². The molecule has 3 aromatic rings. The third-order valence-corrected chi connectivity index (χ3v) is 9.49. The van der Waals surface area contributed by atoms with Gasteiger partial charge in [0.2, 0.25) is 0 Å². The van der Waals surface area contributed by atoms with Gasteiger partial charge < -0.3 is 10.1 Å². The van der Waals surface area contributed by atoms with E-state index < -0.39 is 9.84 Å². The van der Waals surface area contributed by atoms with Crippen molar-refractivity contribution in [2.75, 3.05) is 26.3 Å². The molecule has 0 aromatic carbocycles. The van der Waals surface area contributed by atoms with E-state index in [2.05, 4.69) is 20.2 Å². The molecule has 2 fully saturated rings. The van der Waals surface area contributed by atoms with Crippen molar-refractivity contribution in [3.05, 3.63) is 53.4 Å². The van der Waals surface area contributed by atoms with E-state index in [0.29, 0.717) is 29.5 Å².